The molecule has 2 N–H and O–H groups in total. The van der Waals surface area contributed by atoms with E-state index in [1.54, 1.807) is 6.07 Å². The standard InChI is InChI=1S/C48H69N3O8S2/c1-9-12-13-27-50-42-23-19-36(4)34-40(42)47(5,6)44(50)25-20-37-17-16-18-38(46(37)49(29-31-58-10-2)30-32-59-11-3)21-26-45-48(7,8)41-35-39(61(55,56)57)22-24-43(41)51(45)28-14-15-33-60(52,53)54/h19-26,34-35H,9-18,27-33H2,1-8H3,(H-,52,53,54,55,56,57)/p+1. The Morgan fingerprint density at radius 2 is 1.52 bits per heavy atom. The zero-order valence-electron chi connectivity index (χ0n) is 37.8. The molecule has 0 radical (unpaired) electrons. The fourth-order valence-electron chi connectivity index (χ4n) is 9.14. The summed E-state index contributed by atoms with van der Waals surface area (Å²) in [6, 6.07) is 11.5. The minimum absolute atomic E-state index is 0.177. The van der Waals surface area contributed by atoms with E-state index in [0.717, 1.165) is 55.6 Å². The molecule has 5 rings (SSSR count). The molecule has 1 aliphatic carbocycles. The van der Waals surface area contributed by atoms with Gasteiger partial charge in [0.2, 0.25) is 5.69 Å². The molecule has 0 spiro atoms. The molecule has 2 aromatic rings. The molecular formula is C48H70N3O8S2+. The molecule has 11 nitrogen and oxygen atoms in total. The van der Waals surface area contributed by atoms with Crippen LogP contribution in [0.2, 0.25) is 0 Å². The average molecular weight is 881 g/mol. The second-order valence-corrected chi connectivity index (χ2v) is 20.5. The molecule has 0 bridgehead atoms. The number of hydrogen-bond donors (Lipinski definition) is 2. The lowest BCUT2D eigenvalue weighted by Gasteiger charge is -2.34. The second-order valence-electron chi connectivity index (χ2n) is 17.5. The molecule has 0 aromatic heterocycles. The summed E-state index contributed by atoms with van der Waals surface area (Å²) < 4.78 is 81.5. The van der Waals surface area contributed by atoms with Crippen LogP contribution in [0.15, 0.2) is 88.1 Å². The van der Waals surface area contributed by atoms with Crippen molar-refractivity contribution in [3.05, 3.63) is 99.9 Å². The number of fused-ring (bicyclic) bond motifs is 2. The number of anilines is 1. The summed E-state index contributed by atoms with van der Waals surface area (Å²) in [5.74, 6) is -0.343. The monoisotopic (exact) mass is 880 g/mol. The van der Waals surface area contributed by atoms with Crippen LogP contribution in [-0.2, 0) is 40.5 Å². The Labute approximate surface area is 366 Å². The van der Waals surface area contributed by atoms with E-state index in [-0.39, 0.29) is 22.5 Å². The minimum atomic E-state index is -4.45. The van der Waals surface area contributed by atoms with Gasteiger partial charge in [-0.3, -0.25) is 9.11 Å². The van der Waals surface area contributed by atoms with E-state index < -0.39 is 25.7 Å². The second kappa shape index (κ2) is 20.7. The van der Waals surface area contributed by atoms with Crippen LogP contribution in [0.1, 0.15) is 117 Å². The third-order valence-electron chi connectivity index (χ3n) is 12.3. The predicted molar refractivity (Wildman–Crippen MR) is 247 cm³/mol. The first kappa shape index (κ1) is 48.4. The van der Waals surface area contributed by atoms with E-state index in [0.29, 0.717) is 52.5 Å². The van der Waals surface area contributed by atoms with E-state index >= 15 is 0 Å². The van der Waals surface area contributed by atoms with Crippen LogP contribution in [0.5, 0.6) is 0 Å². The molecular weight excluding hydrogens is 811 g/mol. The van der Waals surface area contributed by atoms with Gasteiger partial charge in [0.1, 0.15) is 6.54 Å². The Morgan fingerprint density at radius 3 is 2.16 bits per heavy atom. The zero-order chi connectivity index (χ0) is 44.6. The van der Waals surface area contributed by atoms with Crippen molar-refractivity contribution in [3.63, 3.8) is 0 Å². The average Bonchev–Trinajstić information content (AvgIpc) is 3.53. The highest BCUT2D eigenvalue weighted by Gasteiger charge is 2.44. The molecule has 61 heavy (non-hydrogen) atoms. The molecule has 3 aliphatic rings. The summed E-state index contributed by atoms with van der Waals surface area (Å²) in [5, 5.41) is 0. The first-order valence-electron chi connectivity index (χ1n) is 22.2. The lowest BCUT2D eigenvalue weighted by molar-refractivity contribution is -0.438. The number of unbranched alkanes of at least 4 members (excludes halogenated alkanes) is 3. The van der Waals surface area contributed by atoms with Crippen molar-refractivity contribution in [1.82, 2.24) is 4.90 Å². The third-order valence-corrected chi connectivity index (χ3v) is 14.0. The summed E-state index contributed by atoms with van der Waals surface area (Å²) in [5.41, 5.74) is 10.4. The van der Waals surface area contributed by atoms with Crippen LogP contribution in [0.4, 0.5) is 11.4 Å². The van der Waals surface area contributed by atoms with Crippen LogP contribution in [0.25, 0.3) is 0 Å². The van der Waals surface area contributed by atoms with Gasteiger partial charge in [0, 0.05) is 79.5 Å². The van der Waals surface area contributed by atoms with Crippen molar-refractivity contribution in [1.29, 1.82) is 0 Å². The van der Waals surface area contributed by atoms with E-state index in [4.69, 9.17) is 9.47 Å². The van der Waals surface area contributed by atoms with Crippen molar-refractivity contribution in [3.8, 4) is 0 Å². The number of ether oxygens (including phenoxy) is 2. The molecule has 0 saturated carbocycles. The van der Waals surface area contributed by atoms with Gasteiger partial charge < -0.3 is 19.3 Å². The highest BCUT2D eigenvalue weighted by Crippen LogP contribution is 2.49. The van der Waals surface area contributed by atoms with Gasteiger partial charge in [-0.2, -0.15) is 21.4 Å². The van der Waals surface area contributed by atoms with Crippen LogP contribution in [-0.4, -0.2) is 99.5 Å². The summed E-state index contributed by atoms with van der Waals surface area (Å²) in [6.45, 7) is 22.3. The van der Waals surface area contributed by atoms with E-state index in [1.807, 2.05) is 27.7 Å². The van der Waals surface area contributed by atoms with Crippen LogP contribution >= 0.6 is 0 Å². The Bertz CT molecular complexity index is 2260. The molecule has 0 saturated heterocycles. The number of benzene rings is 2. The molecule has 2 heterocycles. The molecule has 0 fully saturated rings. The normalized spacial score (nSPS) is 18.9. The van der Waals surface area contributed by atoms with Gasteiger partial charge in [0.25, 0.3) is 20.2 Å². The Balaban J connectivity index is 1.66. The lowest BCUT2D eigenvalue weighted by atomic mass is 9.80. The maximum absolute atomic E-state index is 12.3. The van der Waals surface area contributed by atoms with E-state index in [1.165, 1.54) is 57.9 Å². The summed E-state index contributed by atoms with van der Waals surface area (Å²) in [6.07, 6.45) is 15.9. The molecule has 336 valence electrons. The quantitative estimate of drug-likeness (QED) is 0.0669. The predicted octanol–water partition coefficient (Wildman–Crippen LogP) is 9.45. The van der Waals surface area contributed by atoms with Gasteiger partial charge in [0.05, 0.1) is 29.3 Å². The van der Waals surface area contributed by atoms with Gasteiger partial charge in [-0.05, 0) is 120 Å². The van der Waals surface area contributed by atoms with Crippen molar-refractivity contribution >= 4 is 37.3 Å². The highest BCUT2D eigenvalue weighted by atomic mass is 32.2. The van der Waals surface area contributed by atoms with Crippen molar-refractivity contribution < 1.29 is 40.0 Å². The summed E-state index contributed by atoms with van der Waals surface area (Å²) in [7, 11) is -8.57. The van der Waals surface area contributed by atoms with Crippen molar-refractivity contribution in [2.75, 3.05) is 63.3 Å². The zero-order valence-corrected chi connectivity index (χ0v) is 39.4. The van der Waals surface area contributed by atoms with Gasteiger partial charge in [-0.1, -0.05) is 51.0 Å². The fraction of sp³-hybridized carbons (Fsp3) is 0.562. The van der Waals surface area contributed by atoms with Gasteiger partial charge in [0.15, 0.2) is 5.71 Å². The molecule has 0 amide bonds. The minimum Gasteiger partial charge on any atom is -0.380 e. The van der Waals surface area contributed by atoms with Gasteiger partial charge in [-0.25, -0.2) is 0 Å². The van der Waals surface area contributed by atoms with E-state index in [2.05, 4.69) is 84.6 Å². The van der Waals surface area contributed by atoms with Crippen molar-refractivity contribution in [2.24, 2.45) is 0 Å². The van der Waals surface area contributed by atoms with Gasteiger partial charge in [-0.15, -0.1) is 0 Å². The number of allylic oxidation sites excluding steroid dienone is 7. The largest absolute Gasteiger partial charge is 0.380 e. The van der Waals surface area contributed by atoms with Gasteiger partial charge >= 0.3 is 0 Å². The molecule has 0 atom stereocenters. The SMILES string of the molecule is CCCCC[N+]1=C(/C=C/C2=C(N(CCOCC)CCOCC)C(=C/C=C3/N(CCCCS(=O)(=O)O)c4ccc(S(=O)(=O)O)cc4C3(C)C)/CCC2)C(C)(C)c2cc(C)ccc21. The Kier molecular flexibility index (Phi) is 16.5. The maximum Gasteiger partial charge on any atom is 0.294 e. The molecule has 0 unspecified atom stereocenters. The lowest BCUT2D eigenvalue weighted by Crippen LogP contribution is -2.33. The molecule has 2 aromatic carbocycles. The van der Waals surface area contributed by atoms with E-state index in [9.17, 15) is 25.9 Å². The maximum atomic E-state index is 12.3. The Morgan fingerprint density at radius 1 is 0.820 bits per heavy atom. The molecule has 2 aliphatic heterocycles. The molecule has 13 heteroatoms. The smallest absolute Gasteiger partial charge is 0.294 e. The number of hydrogen-bond acceptors (Lipinski definition) is 8. The first-order valence-corrected chi connectivity index (χ1v) is 25.2. The first-order chi connectivity index (χ1) is 28.8. The summed E-state index contributed by atoms with van der Waals surface area (Å²) >= 11 is 0. The third kappa shape index (κ3) is 11.7. The number of rotatable bonds is 22. The van der Waals surface area contributed by atoms with Crippen LogP contribution in [0.3, 0.4) is 0 Å². The topological polar surface area (TPSA) is 137 Å². The number of nitrogens with zero attached hydrogens (tertiary/aromatic N) is 3. The van der Waals surface area contributed by atoms with Crippen LogP contribution in [0, 0.1) is 6.92 Å². The Hall–Kier alpha value is -3.59. The highest BCUT2D eigenvalue weighted by molar-refractivity contribution is 7.86. The number of aryl methyl sites for hydroxylation is 1. The summed E-state index contributed by atoms with van der Waals surface area (Å²) in [4.78, 5) is 4.35. The fourth-order valence-corrected chi connectivity index (χ4v) is 10.2. The van der Waals surface area contributed by atoms with Crippen LogP contribution < -0.4 is 4.90 Å². The van der Waals surface area contributed by atoms with Crippen molar-refractivity contribution in [2.45, 2.75) is 122 Å².